The molecule has 0 amide bonds. The van der Waals surface area contributed by atoms with Crippen molar-refractivity contribution in [2.45, 2.75) is 18.7 Å². The maximum Gasteiger partial charge on any atom is 0.216 e. The van der Waals surface area contributed by atoms with Crippen LogP contribution in [-0.2, 0) is 6.42 Å². The fourth-order valence-electron chi connectivity index (χ4n) is 1.88. The highest BCUT2D eigenvalue weighted by Gasteiger charge is 2.13. The van der Waals surface area contributed by atoms with Crippen molar-refractivity contribution in [1.82, 2.24) is 9.97 Å². The standard InChI is InChI=1S/C14H14ClFN2O/c1-9-5-10(16)3-4-12(9)13(15)6-11-7-14(19-2)18-8-17-11/h3-5,7-8,13H,6H2,1-2H3. The van der Waals surface area contributed by atoms with E-state index in [0.29, 0.717) is 12.3 Å². The molecule has 100 valence electrons. The molecule has 1 atom stereocenters. The number of rotatable bonds is 4. The lowest BCUT2D eigenvalue weighted by Gasteiger charge is -2.12. The van der Waals surface area contributed by atoms with Gasteiger partial charge in [-0.3, -0.25) is 0 Å². The second-order valence-electron chi connectivity index (χ2n) is 4.22. The molecule has 0 aliphatic carbocycles. The van der Waals surface area contributed by atoms with Gasteiger partial charge in [0.15, 0.2) is 0 Å². The summed E-state index contributed by atoms with van der Waals surface area (Å²) >= 11 is 6.37. The Hall–Kier alpha value is -1.68. The number of methoxy groups -OCH3 is 1. The molecule has 0 saturated carbocycles. The number of benzene rings is 1. The molecule has 2 aromatic rings. The number of ether oxygens (including phenoxy) is 1. The van der Waals surface area contributed by atoms with Crippen LogP contribution in [0.3, 0.4) is 0 Å². The summed E-state index contributed by atoms with van der Waals surface area (Å²) in [4.78, 5) is 8.09. The van der Waals surface area contributed by atoms with Gasteiger partial charge in [-0.25, -0.2) is 14.4 Å². The molecule has 1 heterocycles. The first-order valence-corrected chi connectivity index (χ1v) is 6.29. The predicted octanol–water partition coefficient (Wildman–Crippen LogP) is 3.46. The third kappa shape index (κ3) is 3.41. The molecule has 0 aliphatic rings. The van der Waals surface area contributed by atoms with Crippen molar-refractivity contribution in [1.29, 1.82) is 0 Å². The molecule has 1 unspecified atom stereocenters. The van der Waals surface area contributed by atoms with Crippen LogP contribution in [-0.4, -0.2) is 17.1 Å². The van der Waals surface area contributed by atoms with Gasteiger partial charge in [-0.15, -0.1) is 11.6 Å². The van der Waals surface area contributed by atoms with E-state index < -0.39 is 0 Å². The molecule has 1 aromatic heterocycles. The number of aryl methyl sites for hydroxylation is 1. The predicted molar refractivity (Wildman–Crippen MR) is 72.0 cm³/mol. The van der Waals surface area contributed by atoms with Gasteiger partial charge >= 0.3 is 0 Å². The average Bonchev–Trinajstić information content (AvgIpc) is 2.38. The molecule has 3 nitrogen and oxygen atoms in total. The quantitative estimate of drug-likeness (QED) is 0.805. The third-order valence-electron chi connectivity index (χ3n) is 2.87. The largest absolute Gasteiger partial charge is 0.481 e. The minimum Gasteiger partial charge on any atom is -0.481 e. The molecule has 0 N–H and O–H groups in total. The monoisotopic (exact) mass is 280 g/mol. The van der Waals surface area contributed by atoms with Crippen LogP contribution < -0.4 is 4.74 Å². The lowest BCUT2D eigenvalue weighted by atomic mass is 10.0. The average molecular weight is 281 g/mol. The second kappa shape index (κ2) is 5.97. The van der Waals surface area contributed by atoms with E-state index in [9.17, 15) is 4.39 Å². The zero-order chi connectivity index (χ0) is 13.8. The lowest BCUT2D eigenvalue weighted by Crippen LogP contribution is -2.02. The van der Waals surface area contributed by atoms with E-state index in [2.05, 4.69) is 9.97 Å². The molecular formula is C14H14ClFN2O. The van der Waals surface area contributed by atoms with E-state index in [4.69, 9.17) is 16.3 Å². The number of hydrogen-bond donors (Lipinski definition) is 0. The number of halogens is 2. The molecule has 0 spiro atoms. The Morgan fingerprint density at radius 3 is 2.79 bits per heavy atom. The van der Waals surface area contributed by atoms with E-state index in [1.807, 2.05) is 6.92 Å². The first kappa shape index (κ1) is 13.7. The molecule has 0 fully saturated rings. The maximum atomic E-state index is 13.1. The molecule has 1 aromatic carbocycles. The molecule has 0 saturated heterocycles. The zero-order valence-corrected chi connectivity index (χ0v) is 11.5. The van der Waals surface area contributed by atoms with E-state index in [0.717, 1.165) is 16.8 Å². The topological polar surface area (TPSA) is 35.0 Å². The van der Waals surface area contributed by atoms with Gasteiger partial charge in [0.25, 0.3) is 0 Å². The first-order valence-electron chi connectivity index (χ1n) is 5.85. The number of nitrogens with zero attached hydrogens (tertiary/aromatic N) is 2. The van der Waals surface area contributed by atoms with E-state index in [1.165, 1.54) is 18.5 Å². The Bertz CT molecular complexity index is 577. The van der Waals surface area contributed by atoms with Crippen molar-refractivity contribution in [2.24, 2.45) is 0 Å². The van der Waals surface area contributed by atoms with Crippen LogP contribution in [0.4, 0.5) is 4.39 Å². The molecule has 5 heteroatoms. The normalized spacial score (nSPS) is 12.2. The first-order chi connectivity index (χ1) is 9.10. The smallest absolute Gasteiger partial charge is 0.216 e. The van der Waals surface area contributed by atoms with Crippen molar-refractivity contribution < 1.29 is 9.13 Å². The van der Waals surface area contributed by atoms with Gasteiger partial charge in [0.1, 0.15) is 12.1 Å². The van der Waals surface area contributed by atoms with Gasteiger partial charge in [0.05, 0.1) is 12.5 Å². The summed E-state index contributed by atoms with van der Waals surface area (Å²) in [5.41, 5.74) is 2.53. The van der Waals surface area contributed by atoms with Gasteiger partial charge in [-0.2, -0.15) is 0 Å². The summed E-state index contributed by atoms with van der Waals surface area (Å²) < 4.78 is 18.1. The van der Waals surface area contributed by atoms with E-state index in [-0.39, 0.29) is 11.2 Å². The molecular weight excluding hydrogens is 267 g/mol. The lowest BCUT2D eigenvalue weighted by molar-refractivity contribution is 0.396. The number of aromatic nitrogens is 2. The van der Waals surface area contributed by atoms with Crippen LogP contribution in [0.1, 0.15) is 22.2 Å². The van der Waals surface area contributed by atoms with Crippen LogP contribution in [0.15, 0.2) is 30.6 Å². The third-order valence-corrected chi connectivity index (χ3v) is 3.25. The van der Waals surface area contributed by atoms with Gasteiger partial charge in [0, 0.05) is 18.2 Å². The summed E-state index contributed by atoms with van der Waals surface area (Å²) in [7, 11) is 1.55. The molecule has 19 heavy (non-hydrogen) atoms. The minimum absolute atomic E-state index is 0.256. The summed E-state index contributed by atoms with van der Waals surface area (Å²) in [6, 6.07) is 6.35. The van der Waals surface area contributed by atoms with E-state index >= 15 is 0 Å². The Labute approximate surface area is 116 Å². The Balaban J connectivity index is 2.17. The Kier molecular flexibility index (Phi) is 4.32. The van der Waals surface area contributed by atoms with Crippen LogP contribution >= 0.6 is 11.6 Å². The molecule has 2 rings (SSSR count). The summed E-state index contributed by atoms with van der Waals surface area (Å²) in [5.74, 6) is 0.249. The van der Waals surface area contributed by atoms with Crippen molar-refractivity contribution in [3.8, 4) is 5.88 Å². The summed E-state index contributed by atoms with van der Waals surface area (Å²) in [6.07, 6.45) is 1.97. The van der Waals surface area contributed by atoms with Crippen molar-refractivity contribution in [3.63, 3.8) is 0 Å². The summed E-state index contributed by atoms with van der Waals surface area (Å²) in [5, 5.41) is -0.264. The fourth-order valence-corrected chi connectivity index (χ4v) is 2.29. The Morgan fingerprint density at radius 1 is 1.32 bits per heavy atom. The second-order valence-corrected chi connectivity index (χ2v) is 4.75. The maximum absolute atomic E-state index is 13.1. The van der Waals surface area contributed by atoms with Gasteiger partial charge < -0.3 is 4.74 Å². The Morgan fingerprint density at radius 2 is 2.11 bits per heavy atom. The highest BCUT2D eigenvalue weighted by Crippen LogP contribution is 2.28. The van der Waals surface area contributed by atoms with E-state index in [1.54, 1.807) is 19.2 Å². The van der Waals surface area contributed by atoms with Crippen molar-refractivity contribution in [2.75, 3.05) is 7.11 Å². The highest BCUT2D eigenvalue weighted by atomic mass is 35.5. The highest BCUT2D eigenvalue weighted by molar-refractivity contribution is 6.21. The molecule has 0 aliphatic heterocycles. The minimum atomic E-state index is -0.264. The van der Waals surface area contributed by atoms with Crippen LogP contribution in [0.5, 0.6) is 5.88 Å². The van der Waals surface area contributed by atoms with Gasteiger partial charge in [-0.1, -0.05) is 6.07 Å². The van der Waals surface area contributed by atoms with Crippen LogP contribution in [0.25, 0.3) is 0 Å². The zero-order valence-electron chi connectivity index (χ0n) is 10.7. The van der Waals surface area contributed by atoms with Crippen LogP contribution in [0, 0.1) is 12.7 Å². The van der Waals surface area contributed by atoms with Crippen LogP contribution in [0.2, 0.25) is 0 Å². The molecule has 0 bridgehead atoms. The number of alkyl halides is 1. The van der Waals surface area contributed by atoms with Crippen molar-refractivity contribution >= 4 is 11.6 Å². The SMILES string of the molecule is COc1cc(CC(Cl)c2ccc(F)cc2C)ncn1. The summed E-state index contributed by atoms with van der Waals surface area (Å²) in [6.45, 7) is 1.84. The van der Waals surface area contributed by atoms with Gasteiger partial charge in [-0.05, 0) is 30.2 Å². The number of hydrogen-bond acceptors (Lipinski definition) is 3. The van der Waals surface area contributed by atoms with Crippen molar-refractivity contribution in [3.05, 3.63) is 53.2 Å². The van der Waals surface area contributed by atoms with Gasteiger partial charge in [0.2, 0.25) is 5.88 Å². The fraction of sp³-hybridized carbons (Fsp3) is 0.286. The molecule has 0 radical (unpaired) electrons.